The van der Waals surface area contributed by atoms with Gasteiger partial charge in [0.2, 0.25) is 10.0 Å². The highest BCUT2D eigenvalue weighted by Gasteiger charge is 2.32. The summed E-state index contributed by atoms with van der Waals surface area (Å²) in [5.74, 6) is 0.557. The van der Waals surface area contributed by atoms with Crippen molar-refractivity contribution in [3.05, 3.63) is 14.7 Å². The Hall–Kier alpha value is 0.0500. The van der Waals surface area contributed by atoms with Crippen molar-refractivity contribution in [2.24, 2.45) is 5.92 Å². The monoisotopic (exact) mass is 380 g/mol. The summed E-state index contributed by atoms with van der Waals surface area (Å²) < 4.78 is 27.8. The first-order valence-corrected chi connectivity index (χ1v) is 9.84. The molecule has 1 aliphatic heterocycles. The average molecular weight is 381 g/mol. The number of hydrogen-bond acceptors (Lipinski definition) is 4. The number of thiophene rings is 1. The van der Waals surface area contributed by atoms with E-state index in [0.29, 0.717) is 29.9 Å². The van der Waals surface area contributed by atoms with Crippen LogP contribution in [-0.2, 0) is 10.0 Å². The van der Waals surface area contributed by atoms with E-state index in [1.807, 2.05) is 14.0 Å². The molecule has 1 saturated heterocycles. The van der Waals surface area contributed by atoms with Gasteiger partial charge in [0.1, 0.15) is 0 Å². The smallest absolute Gasteiger partial charge is 0.244 e. The van der Waals surface area contributed by atoms with E-state index in [-0.39, 0.29) is 0 Å². The van der Waals surface area contributed by atoms with Gasteiger partial charge in [-0.1, -0.05) is 0 Å². The molecule has 2 rings (SSSR count). The molecule has 1 N–H and O–H groups in total. The van der Waals surface area contributed by atoms with Gasteiger partial charge in [-0.05, 0) is 61.7 Å². The predicted molar refractivity (Wildman–Crippen MR) is 86.8 cm³/mol. The molecular weight excluding hydrogens is 360 g/mol. The van der Waals surface area contributed by atoms with Crippen LogP contribution in [0.5, 0.6) is 0 Å². The van der Waals surface area contributed by atoms with Gasteiger partial charge in [-0.15, -0.1) is 11.3 Å². The van der Waals surface area contributed by atoms with Gasteiger partial charge in [0.05, 0.1) is 8.68 Å². The van der Waals surface area contributed by atoms with Crippen LogP contribution in [0.3, 0.4) is 0 Å². The molecule has 2 heterocycles. The molecular formula is C13H21BrN2O2S2. The molecule has 0 amide bonds. The lowest BCUT2D eigenvalue weighted by Crippen LogP contribution is -2.43. The van der Waals surface area contributed by atoms with Crippen molar-refractivity contribution < 1.29 is 8.42 Å². The number of hydrogen-bond donors (Lipinski definition) is 1. The van der Waals surface area contributed by atoms with Crippen LogP contribution in [0.1, 0.15) is 24.6 Å². The van der Waals surface area contributed by atoms with Crippen molar-refractivity contribution in [2.45, 2.75) is 37.6 Å². The number of rotatable bonds is 4. The third-order valence-corrected chi connectivity index (χ3v) is 7.83. The Labute approximate surface area is 133 Å². The molecule has 0 aromatic carbocycles. The highest BCUT2D eigenvalue weighted by molar-refractivity contribution is 9.11. The summed E-state index contributed by atoms with van der Waals surface area (Å²) in [5.41, 5.74) is 0. The maximum Gasteiger partial charge on any atom is 0.244 e. The number of halogens is 1. The average Bonchev–Trinajstić information content (AvgIpc) is 2.77. The molecule has 0 radical (unpaired) electrons. The number of sulfonamides is 1. The van der Waals surface area contributed by atoms with Crippen molar-refractivity contribution in [1.82, 2.24) is 9.62 Å². The van der Waals surface area contributed by atoms with Crippen LogP contribution in [0.15, 0.2) is 14.7 Å². The van der Waals surface area contributed by atoms with Gasteiger partial charge in [0, 0.05) is 24.0 Å². The minimum atomic E-state index is -3.33. The maximum atomic E-state index is 12.7. The van der Waals surface area contributed by atoms with E-state index in [0.717, 1.165) is 21.5 Å². The summed E-state index contributed by atoms with van der Waals surface area (Å²) in [4.78, 5) is 1.30. The van der Waals surface area contributed by atoms with Crippen molar-refractivity contribution >= 4 is 37.3 Å². The molecule has 114 valence electrons. The van der Waals surface area contributed by atoms with Crippen LogP contribution in [0.4, 0.5) is 0 Å². The van der Waals surface area contributed by atoms with E-state index >= 15 is 0 Å². The van der Waals surface area contributed by atoms with Gasteiger partial charge < -0.3 is 5.32 Å². The summed E-state index contributed by atoms with van der Waals surface area (Å²) in [5, 5.41) is 3.26. The first-order valence-electron chi connectivity index (χ1n) is 6.79. The fourth-order valence-electron chi connectivity index (χ4n) is 2.68. The van der Waals surface area contributed by atoms with Crippen molar-refractivity contribution in [3.63, 3.8) is 0 Å². The van der Waals surface area contributed by atoms with Gasteiger partial charge >= 0.3 is 0 Å². The number of aryl methyl sites for hydroxylation is 1. The highest BCUT2D eigenvalue weighted by atomic mass is 79.9. The van der Waals surface area contributed by atoms with Crippen LogP contribution in [0.25, 0.3) is 0 Å². The molecule has 1 aromatic heterocycles. The Balaban J connectivity index is 2.12. The second-order valence-corrected chi connectivity index (χ2v) is 9.83. The van der Waals surface area contributed by atoms with E-state index in [1.165, 1.54) is 11.3 Å². The molecule has 0 spiro atoms. The lowest BCUT2D eigenvalue weighted by Gasteiger charge is -2.34. The number of piperidine rings is 1. The molecule has 0 aliphatic carbocycles. The van der Waals surface area contributed by atoms with Crippen molar-refractivity contribution in [1.29, 1.82) is 0 Å². The zero-order valence-corrected chi connectivity index (χ0v) is 15.2. The van der Waals surface area contributed by atoms with Crippen molar-refractivity contribution in [2.75, 3.05) is 20.1 Å². The minimum Gasteiger partial charge on any atom is -0.317 e. The Morgan fingerprint density at radius 2 is 2.05 bits per heavy atom. The van der Waals surface area contributed by atoms with E-state index in [9.17, 15) is 8.42 Å². The zero-order chi connectivity index (χ0) is 14.9. The minimum absolute atomic E-state index is 0.442. The summed E-state index contributed by atoms with van der Waals surface area (Å²) in [6.45, 7) is 5.25. The SMILES string of the molecule is CNC(C)C1CCN(S(=O)(=O)c2cc(Br)sc2C)CC1. The molecule has 1 aliphatic rings. The normalized spacial score (nSPS) is 20.2. The fraction of sp³-hybridized carbons (Fsp3) is 0.692. The Morgan fingerprint density at radius 3 is 2.50 bits per heavy atom. The summed E-state index contributed by atoms with van der Waals surface area (Å²) in [6.07, 6.45) is 1.84. The third kappa shape index (κ3) is 3.27. The summed E-state index contributed by atoms with van der Waals surface area (Å²) in [7, 11) is -1.38. The van der Waals surface area contributed by atoms with Gasteiger partial charge in [0.15, 0.2) is 0 Å². The molecule has 4 nitrogen and oxygen atoms in total. The third-order valence-electron chi connectivity index (χ3n) is 4.12. The quantitative estimate of drug-likeness (QED) is 0.873. The highest BCUT2D eigenvalue weighted by Crippen LogP contribution is 2.33. The standard InChI is InChI=1S/C13H21BrN2O2S2/c1-9(15-3)11-4-6-16(7-5-11)20(17,18)12-8-13(14)19-10(12)2/h8-9,11,15H,4-7H2,1-3H3. The van der Waals surface area contributed by atoms with E-state index in [2.05, 4.69) is 28.2 Å². The molecule has 1 aromatic rings. The first kappa shape index (κ1) is 16.4. The van der Waals surface area contributed by atoms with Gasteiger partial charge in [-0.2, -0.15) is 4.31 Å². The van der Waals surface area contributed by atoms with Crippen LogP contribution in [-0.4, -0.2) is 38.9 Å². The topological polar surface area (TPSA) is 49.4 Å². The molecule has 1 atom stereocenters. The lowest BCUT2D eigenvalue weighted by molar-refractivity contribution is 0.236. The van der Waals surface area contributed by atoms with Crippen LogP contribution in [0, 0.1) is 12.8 Å². The largest absolute Gasteiger partial charge is 0.317 e. The summed E-state index contributed by atoms with van der Waals surface area (Å²) in [6, 6.07) is 2.16. The predicted octanol–water partition coefficient (Wildman–Crippen LogP) is 2.83. The molecule has 20 heavy (non-hydrogen) atoms. The zero-order valence-electron chi connectivity index (χ0n) is 12.0. The van der Waals surface area contributed by atoms with Gasteiger partial charge in [-0.25, -0.2) is 8.42 Å². The number of nitrogens with one attached hydrogen (secondary N) is 1. The maximum absolute atomic E-state index is 12.7. The lowest BCUT2D eigenvalue weighted by atomic mass is 9.91. The van der Waals surface area contributed by atoms with Gasteiger partial charge in [-0.3, -0.25) is 0 Å². The van der Waals surface area contributed by atoms with E-state index in [1.54, 1.807) is 10.4 Å². The first-order chi connectivity index (χ1) is 9.36. The Bertz CT molecular complexity index is 563. The fourth-order valence-corrected chi connectivity index (χ4v) is 6.53. The molecule has 1 fully saturated rings. The Kier molecular flexibility index (Phi) is 5.29. The van der Waals surface area contributed by atoms with Crippen molar-refractivity contribution in [3.8, 4) is 0 Å². The second kappa shape index (κ2) is 6.44. The molecule has 0 saturated carbocycles. The van der Waals surface area contributed by atoms with E-state index in [4.69, 9.17) is 0 Å². The number of nitrogens with zero attached hydrogens (tertiary/aromatic N) is 1. The Morgan fingerprint density at radius 1 is 1.45 bits per heavy atom. The van der Waals surface area contributed by atoms with Crippen LogP contribution in [0.2, 0.25) is 0 Å². The second-order valence-electron chi connectivity index (χ2n) is 5.29. The molecule has 1 unspecified atom stereocenters. The van der Waals surface area contributed by atoms with Gasteiger partial charge in [0.25, 0.3) is 0 Å². The summed E-state index contributed by atoms with van der Waals surface area (Å²) >= 11 is 4.83. The van der Waals surface area contributed by atoms with Crippen LogP contribution >= 0.6 is 27.3 Å². The molecule has 7 heteroatoms. The molecule has 0 bridgehead atoms. The van der Waals surface area contributed by atoms with Crippen LogP contribution < -0.4 is 5.32 Å². The van der Waals surface area contributed by atoms with E-state index < -0.39 is 10.0 Å².